The Bertz CT molecular complexity index is 697. The Morgan fingerprint density at radius 2 is 2.04 bits per heavy atom. The third-order valence-corrected chi connectivity index (χ3v) is 5.25. The zero-order chi connectivity index (χ0) is 15.8. The molecule has 3 heterocycles. The minimum atomic E-state index is -0.232. The van der Waals surface area contributed by atoms with E-state index in [1.165, 1.54) is 10.9 Å². The number of nitrogens with one attached hydrogen (secondary N) is 2. The lowest BCUT2D eigenvalue weighted by Crippen LogP contribution is -2.52. The third-order valence-electron chi connectivity index (χ3n) is 5.25. The van der Waals surface area contributed by atoms with E-state index in [1.54, 1.807) is 0 Å². The second-order valence-electron chi connectivity index (χ2n) is 6.80. The summed E-state index contributed by atoms with van der Waals surface area (Å²) < 4.78 is 0. The molecule has 2 amide bonds. The first kappa shape index (κ1) is 14.6. The van der Waals surface area contributed by atoms with Gasteiger partial charge in [0, 0.05) is 30.3 Å². The summed E-state index contributed by atoms with van der Waals surface area (Å²) in [6.07, 6.45) is 6.06. The largest absolute Gasteiger partial charge is 0.393 e. The Morgan fingerprint density at radius 3 is 2.83 bits per heavy atom. The van der Waals surface area contributed by atoms with Gasteiger partial charge in [0.15, 0.2) is 0 Å². The van der Waals surface area contributed by atoms with Gasteiger partial charge in [0.1, 0.15) is 0 Å². The first-order chi connectivity index (χ1) is 11.2. The lowest BCUT2D eigenvalue weighted by molar-refractivity contribution is 0.0543. The zero-order valence-electron chi connectivity index (χ0n) is 13.2. The van der Waals surface area contributed by atoms with E-state index in [0.717, 1.165) is 37.6 Å². The highest BCUT2D eigenvalue weighted by Gasteiger charge is 2.42. The number of rotatable bonds is 3. The Labute approximate surface area is 135 Å². The molecule has 2 atom stereocenters. The van der Waals surface area contributed by atoms with E-state index < -0.39 is 0 Å². The summed E-state index contributed by atoms with van der Waals surface area (Å²) >= 11 is 0. The van der Waals surface area contributed by atoms with E-state index >= 15 is 0 Å². The van der Waals surface area contributed by atoms with Crippen LogP contribution >= 0.6 is 0 Å². The maximum atomic E-state index is 12.5. The van der Waals surface area contributed by atoms with Gasteiger partial charge in [-0.1, -0.05) is 6.07 Å². The molecule has 0 spiro atoms. The average molecular weight is 313 g/mol. The topological polar surface area (TPSA) is 68.4 Å². The van der Waals surface area contributed by atoms with Crippen molar-refractivity contribution in [2.24, 2.45) is 0 Å². The van der Waals surface area contributed by atoms with Crippen molar-refractivity contribution in [3.63, 3.8) is 0 Å². The summed E-state index contributed by atoms with van der Waals surface area (Å²) in [5.74, 6) is 0. The van der Waals surface area contributed by atoms with Gasteiger partial charge in [-0.2, -0.15) is 0 Å². The summed E-state index contributed by atoms with van der Waals surface area (Å²) in [5, 5.41) is 14.1. The van der Waals surface area contributed by atoms with E-state index in [2.05, 4.69) is 34.6 Å². The molecule has 2 bridgehead atoms. The fourth-order valence-electron chi connectivity index (χ4n) is 4.14. The van der Waals surface area contributed by atoms with Crippen LogP contribution in [0.4, 0.5) is 4.79 Å². The van der Waals surface area contributed by atoms with Crippen LogP contribution in [0.3, 0.4) is 0 Å². The number of aliphatic hydroxyl groups is 1. The number of hydrogen-bond donors (Lipinski definition) is 3. The molecule has 1 aromatic heterocycles. The second-order valence-corrected chi connectivity index (χ2v) is 6.80. The molecule has 0 radical (unpaired) electrons. The molecule has 0 saturated carbocycles. The van der Waals surface area contributed by atoms with Crippen molar-refractivity contribution in [3.05, 3.63) is 36.0 Å². The molecule has 0 unspecified atom stereocenters. The number of aromatic nitrogens is 1. The van der Waals surface area contributed by atoms with Crippen LogP contribution in [0.1, 0.15) is 31.2 Å². The molecule has 3 N–H and O–H groups in total. The molecular formula is C18H23N3O2. The highest BCUT2D eigenvalue weighted by atomic mass is 16.3. The van der Waals surface area contributed by atoms with Crippen LogP contribution in [-0.4, -0.2) is 45.8 Å². The normalized spacial score (nSPS) is 26.7. The molecule has 2 aliphatic rings. The van der Waals surface area contributed by atoms with Crippen molar-refractivity contribution in [2.45, 2.75) is 50.3 Å². The smallest absolute Gasteiger partial charge is 0.317 e. The summed E-state index contributed by atoms with van der Waals surface area (Å²) in [6.45, 7) is 0.646. The molecule has 5 heteroatoms. The van der Waals surface area contributed by atoms with Crippen molar-refractivity contribution in [3.8, 4) is 0 Å². The highest BCUT2D eigenvalue weighted by molar-refractivity contribution is 5.80. The molecule has 2 aliphatic heterocycles. The van der Waals surface area contributed by atoms with Crippen molar-refractivity contribution in [2.75, 3.05) is 6.54 Å². The number of carbonyl (C=O) groups is 1. The molecule has 0 aliphatic carbocycles. The minimum Gasteiger partial charge on any atom is -0.393 e. The van der Waals surface area contributed by atoms with Gasteiger partial charge in [-0.05, 0) is 61.3 Å². The van der Waals surface area contributed by atoms with Crippen LogP contribution in [0, 0.1) is 0 Å². The monoisotopic (exact) mass is 313 g/mol. The van der Waals surface area contributed by atoms with Gasteiger partial charge in [-0.3, -0.25) is 0 Å². The van der Waals surface area contributed by atoms with Crippen LogP contribution in [0.5, 0.6) is 0 Å². The van der Waals surface area contributed by atoms with Crippen LogP contribution in [0.15, 0.2) is 30.5 Å². The van der Waals surface area contributed by atoms with Crippen LogP contribution in [0.25, 0.3) is 10.9 Å². The Kier molecular flexibility index (Phi) is 3.73. The molecule has 2 saturated heterocycles. The van der Waals surface area contributed by atoms with Crippen LogP contribution < -0.4 is 5.32 Å². The summed E-state index contributed by atoms with van der Waals surface area (Å²) in [5.41, 5.74) is 2.37. The van der Waals surface area contributed by atoms with E-state index in [0.29, 0.717) is 6.54 Å². The molecular weight excluding hydrogens is 290 g/mol. The molecule has 2 aromatic rings. The van der Waals surface area contributed by atoms with E-state index in [4.69, 9.17) is 0 Å². The molecule has 5 nitrogen and oxygen atoms in total. The quantitative estimate of drug-likeness (QED) is 0.814. The Hall–Kier alpha value is -2.01. The number of fused-ring (bicyclic) bond motifs is 3. The van der Waals surface area contributed by atoms with Gasteiger partial charge < -0.3 is 20.3 Å². The van der Waals surface area contributed by atoms with Gasteiger partial charge >= 0.3 is 6.03 Å². The van der Waals surface area contributed by atoms with Crippen LogP contribution in [-0.2, 0) is 6.42 Å². The summed E-state index contributed by atoms with van der Waals surface area (Å²) in [6, 6.07) is 8.89. The van der Waals surface area contributed by atoms with Gasteiger partial charge in [0.2, 0.25) is 0 Å². The second kappa shape index (κ2) is 5.89. The molecule has 122 valence electrons. The maximum Gasteiger partial charge on any atom is 0.317 e. The van der Waals surface area contributed by atoms with E-state index in [1.807, 2.05) is 11.1 Å². The number of nitrogens with zero attached hydrogens (tertiary/aromatic N) is 1. The number of amides is 2. The number of piperidine rings is 1. The van der Waals surface area contributed by atoms with Gasteiger partial charge in [-0.15, -0.1) is 0 Å². The van der Waals surface area contributed by atoms with E-state index in [9.17, 15) is 9.90 Å². The minimum absolute atomic E-state index is 0.0344. The van der Waals surface area contributed by atoms with Crippen molar-refractivity contribution in [1.82, 2.24) is 15.2 Å². The highest BCUT2D eigenvalue weighted by Crippen LogP contribution is 2.35. The Morgan fingerprint density at radius 1 is 1.26 bits per heavy atom. The van der Waals surface area contributed by atoms with E-state index in [-0.39, 0.29) is 24.2 Å². The molecule has 1 aromatic carbocycles. The molecule has 2 fully saturated rings. The fraction of sp³-hybridized carbons (Fsp3) is 0.500. The summed E-state index contributed by atoms with van der Waals surface area (Å²) in [4.78, 5) is 17.6. The SMILES string of the molecule is O=C(NCCc1ccc2[nH]ccc2c1)N1[C@H]2CC[C@H]1CC(O)C2. The average Bonchev–Trinajstić information content (AvgIpc) is 3.09. The number of carbonyl (C=O) groups excluding carboxylic acids is 1. The van der Waals surface area contributed by atoms with Crippen molar-refractivity contribution < 1.29 is 9.90 Å². The van der Waals surface area contributed by atoms with Gasteiger partial charge in [-0.25, -0.2) is 4.79 Å². The van der Waals surface area contributed by atoms with Crippen LogP contribution in [0.2, 0.25) is 0 Å². The van der Waals surface area contributed by atoms with Gasteiger partial charge in [0.05, 0.1) is 6.10 Å². The lowest BCUT2D eigenvalue weighted by atomic mass is 10.0. The third kappa shape index (κ3) is 2.81. The number of H-pyrrole nitrogens is 1. The molecule has 23 heavy (non-hydrogen) atoms. The predicted octanol–water partition coefficient (Wildman–Crippen LogP) is 2.41. The summed E-state index contributed by atoms with van der Waals surface area (Å²) in [7, 11) is 0. The predicted molar refractivity (Wildman–Crippen MR) is 89.3 cm³/mol. The van der Waals surface area contributed by atoms with Crippen molar-refractivity contribution in [1.29, 1.82) is 0 Å². The number of urea groups is 1. The number of hydrogen-bond acceptors (Lipinski definition) is 2. The van der Waals surface area contributed by atoms with Gasteiger partial charge in [0.25, 0.3) is 0 Å². The first-order valence-electron chi connectivity index (χ1n) is 8.51. The zero-order valence-corrected chi connectivity index (χ0v) is 13.2. The molecule has 4 rings (SSSR count). The number of aliphatic hydroxyl groups excluding tert-OH is 1. The Balaban J connectivity index is 1.33. The maximum absolute atomic E-state index is 12.5. The number of aromatic amines is 1. The van der Waals surface area contributed by atoms with Crippen molar-refractivity contribution >= 4 is 16.9 Å². The lowest BCUT2D eigenvalue weighted by Gasteiger charge is -2.37. The first-order valence-corrected chi connectivity index (χ1v) is 8.51. The number of benzene rings is 1. The standard InChI is InChI=1S/C18H23N3O2/c22-16-10-14-2-3-15(11-16)21(14)18(23)20-7-5-12-1-4-17-13(9-12)6-8-19-17/h1,4,6,8-9,14-16,19,22H,2-3,5,7,10-11H2,(H,20,23)/t14-,15-/m0/s1. The fourth-order valence-corrected chi connectivity index (χ4v) is 4.14.